The van der Waals surface area contributed by atoms with Gasteiger partial charge in [-0.1, -0.05) is 0 Å². The van der Waals surface area contributed by atoms with Crippen molar-refractivity contribution in [3.05, 3.63) is 42.1 Å². The number of carbonyl (C=O) groups is 1. The Morgan fingerprint density at radius 2 is 2.19 bits per heavy atom. The maximum absolute atomic E-state index is 11.0. The summed E-state index contributed by atoms with van der Waals surface area (Å²) >= 11 is 0. The number of rotatable bonds is 2. The van der Waals surface area contributed by atoms with Gasteiger partial charge in [0.25, 0.3) is 0 Å². The van der Waals surface area contributed by atoms with E-state index in [4.69, 9.17) is 5.11 Å². The third-order valence-electron chi connectivity index (χ3n) is 2.07. The van der Waals surface area contributed by atoms with Gasteiger partial charge in [-0.2, -0.15) is 0 Å². The van der Waals surface area contributed by atoms with E-state index in [2.05, 4.69) is 15.0 Å². The Kier molecular flexibility index (Phi) is 2.59. The van der Waals surface area contributed by atoms with Crippen LogP contribution in [0.5, 0.6) is 0 Å². The molecule has 0 spiro atoms. The molecule has 0 saturated heterocycles. The molecular weight excluding hydrogens is 206 g/mol. The van der Waals surface area contributed by atoms with E-state index in [1.165, 1.54) is 6.20 Å². The molecule has 1 N–H and O–H groups in total. The second-order valence-corrected chi connectivity index (χ2v) is 3.23. The molecule has 0 saturated carbocycles. The summed E-state index contributed by atoms with van der Waals surface area (Å²) in [5, 5.41) is 9.02. The number of aryl methyl sites for hydroxylation is 1. The lowest BCUT2D eigenvalue weighted by Crippen LogP contribution is -2.04. The molecule has 0 radical (unpaired) electrons. The van der Waals surface area contributed by atoms with Crippen LogP contribution in [-0.4, -0.2) is 26.0 Å². The van der Waals surface area contributed by atoms with E-state index >= 15 is 0 Å². The molecular formula is C11H9N3O2. The summed E-state index contributed by atoms with van der Waals surface area (Å²) in [6, 6.07) is 3.50. The molecule has 0 unspecified atom stereocenters. The molecule has 0 bridgehead atoms. The van der Waals surface area contributed by atoms with Crippen molar-refractivity contribution in [3.8, 4) is 11.3 Å². The molecule has 2 heterocycles. The van der Waals surface area contributed by atoms with Gasteiger partial charge in [-0.25, -0.2) is 14.8 Å². The summed E-state index contributed by atoms with van der Waals surface area (Å²) < 4.78 is 0. The van der Waals surface area contributed by atoms with Crippen molar-refractivity contribution in [2.75, 3.05) is 0 Å². The van der Waals surface area contributed by atoms with Crippen molar-refractivity contribution >= 4 is 5.97 Å². The molecule has 0 fully saturated rings. The van der Waals surface area contributed by atoms with Gasteiger partial charge in [-0.15, -0.1) is 0 Å². The first-order valence-electron chi connectivity index (χ1n) is 4.66. The Morgan fingerprint density at radius 1 is 1.38 bits per heavy atom. The number of hydrogen-bond donors (Lipinski definition) is 1. The van der Waals surface area contributed by atoms with Crippen LogP contribution in [0.3, 0.4) is 0 Å². The molecule has 0 amide bonds. The van der Waals surface area contributed by atoms with E-state index in [9.17, 15) is 4.79 Å². The fraction of sp³-hybridized carbons (Fsp3) is 0.0909. The van der Waals surface area contributed by atoms with Crippen molar-refractivity contribution < 1.29 is 9.90 Å². The lowest BCUT2D eigenvalue weighted by molar-refractivity contribution is 0.0697. The highest BCUT2D eigenvalue weighted by molar-refractivity contribution is 5.94. The largest absolute Gasteiger partial charge is 0.478 e. The highest BCUT2D eigenvalue weighted by Crippen LogP contribution is 2.19. The van der Waals surface area contributed by atoms with Gasteiger partial charge >= 0.3 is 5.97 Å². The molecule has 2 aromatic rings. The Bertz CT molecular complexity index is 526. The first-order valence-corrected chi connectivity index (χ1v) is 4.66. The normalized spacial score (nSPS) is 10.1. The zero-order valence-electron chi connectivity index (χ0n) is 8.58. The number of carboxylic acids is 1. The van der Waals surface area contributed by atoms with E-state index in [-0.39, 0.29) is 5.56 Å². The van der Waals surface area contributed by atoms with Crippen LogP contribution < -0.4 is 0 Å². The van der Waals surface area contributed by atoms with E-state index in [1.54, 1.807) is 31.5 Å². The lowest BCUT2D eigenvalue weighted by atomic mass is 10.1. The molecule has 16 heavy (non-hydrogen) atoms. The third-order valence-corrected chi connectivity index (χ3v) is 2.07. The molecule has 0 aromatic carbocycles. The van der Waals surface area contributed by atoms with Gasteiger partial charge in [0.1, 0.15) is 11.4 Å². The monoisotopic (exact) mass is 215 g/mol. The second kappa shape index (κ2) is 4.06. The Labute approximate surface area is 91.8 Å². The van der Waals surface area contributed by atoms with Crippen LogP contribution in [0.4, 0.5) is 0 Å². The summed E-state index contributed by atoms with van der Waals surface area (Å²) in [6.45, 7) is 1.71. The van der Waals surface area contributed by atoms with E-state index in [0.717, 1.165) is 0 Å². The van der Waals surface area contributed by atoms with Crippen molar-refractivity contribution in [1.82, 2.24) is 15.0 Å². The molecule has 0 aliphatic carbocycles. The van der Waals surface area contributed by atoms with Crippen LogP contribution in [0.15, 0.2) is 30.7 Å². The Morgan fingerprint density at radius 3 is 2.81 bits per heavy atom. The summed E-state index contributed by atoms with van der Waals surface area (Å²) in [7, 11) is 0. The number of pyridine rings is 1. The van der Waals surface area contributed by atoms with Crippen LogP contribution >= 0.6 is 0 Å². The van der Waals surface area contributed by atoms with Crippen LogP contribution in [0, 0.1) is 6.92 Å². The van der Waals surface area contributed by atoms with Gasteiger partial charge in [0.05, 0.1) is 5.69 Å². The van der Waals surface area contributed by atoms with Gasteiger partial charge in [-0.05, 0) is 19.1 Å². The average Bonchev–Trinajstić information content (AvgIpc) is 2.29. The van der Waals surface area contributed by atoms with Gasteiger partial charge in [0.15, 0.2) is 0 Å². The molecule has 0 atom stereocenters. The first-order chi connectivity index (χ1) is 7.68. The van der Waals surface area contributed by atoms with Crippen LogP contribution in [-0.2, 0) is 0 Å². The van der Waals surface area contributed by atoms with Gasteiger partial charge in [0, 0.05) is 24.2 Å². The zero-order valence-corrected chi connectivity index (χ0v) is 8.58. The summed E-state index contributed by atoms with van der Waals surface area (Å²) in [5.74, 6) is -0.511. The summed E-state index contributed by atoms with van der Waals surface area (Å²) in [4.78, 5) is 23.0. The van der Waals surface area contributed by atoms with E-state index in [1.807, 2.05) is 0 Å². The van der Waals surface area contributed by atoms with E-state index < -0.39 is 5.97 Å². The smallest absolute Gasteiger partial charge is 0.339 e. The quantitative estimate of drug-likeness (QED) is 0.822. The van der Waals surface area contributed by atoms with Crippen LogP contribution in [0.2, 0.25) is 0 Å². The van der Waals surface area contributed by atoms with Gasteiger partial charge < -0.3 is 5.11 Å². The standard InChI is InChI=1S/C11H9N3O2/c1-7-13-6-9(11(15)16)10(14-7)8-3-2-4-12-5-8/h2-6H,1H3,(H,15,16). The second-order valence-electron chi connectivity index (χ2n) is 3.23. The third kappa shape index (κ3) is 1.88. The minimum atomic E-state index is -1.04. The topological polar surface area (TPSA) is 76.0 Å². The molecule has 80 valence electrons. The number of carboxylic acid groups (broad SMARTS) is 1. The molecule has 5 heteroatoms. The fourth-order valence-electron chi connectivity index (χ4n) is 1.35. The predicted molar refractivity (Wildman–Crippen MR) is 57.0 cm³/mol. The zero-order chi connectivity index (χ0) is 11.5. The maximum atomic E-state index is 11.0. The SMILES string of the molecule is Cc1ncc(C(=O)O)c(-c2cccnc2)n1. The number of aromatic carboxylic acids is 1. The summed E-state index contributed by atoms with van der Waals surface area (Å²) in [6.07, 6.45) is 4.51. The molecule has 2 rings (SSSR count). The Balaban J connectivity index is 2.63. The minimum absolute atomic E-state index is 0.0820. The Hall–Kier alpha value is -2.30. The fourth-order valence-corrected chi connectivity index (χ4v) is 1.35. The summed E-state index contributed by atoms with van der Waals surface area (Å²) in [5.41, 5.74) is 1.15. The van der Waals surface area contributed by atoms with Crippen molar-refractivity contribution in [2.24, 2.45) is 0 Å². The maximum Gasteiger partial charge on any atom is 0.339 e. The lowest BCUT2D eigenvalue weighted by Gasteiger charge is -2.04. The number of aromatic nitrogens is 3. The van der Waals surface area contributed by atoms with Gasteiger partial charge in [-0.3, -0.25) is 4.98 Å². The average molecular weight is 215 g/mol. The number of hydrogen-bond acceptors (Lipinski definition) is 4. The van der Waals surface area contributed by atoms with Crippen molar-refractivity contribution in [2.45, 2.75) is 6.92 Å². The molecule has 0 aliphatic rings. The van der Waals surface area contributed by atoms with Crippen molar-refractivity contribution in [3.63, 3.8) is 0 Å². The first kappa shape index (κ1) is 10.2. The highest BCUT2D eigenvalue weighted by Gasteiger charge is 2.14. The number of nitrogens with zero attached hydrogens (tertiary/aromatic N) is 3. The van der Waals surface area contributed by atoms with Gasteiger partial charge in [0.2, 0.25) is 0 Å². The predicted octanol–water partition coefficient (Wildman–Crippen LogP) is 1.55. The van der Waals surface area contributed by atoms with E-state index in [0.29, 0.717) is 17.1 Å². The van der Waals surface area contributed by atoms with Crippen LogP contribution in [0.1, 0.15) is 16.2 Å². The highest BCUT2D eigenvalue weighted by atomic mass is 16.4. The molecule has 0 aliphatic heterocycles. The minimum Gasteiger partial charge on any atom is -0.478 e. The molecule has 5 nitrogen and oxygen atoms in total. The van der Waals surface area contributed by atoms with Crippen molar-refractivity contribution in [1.29, 1.82) is 0 Å². The van der Waals surface area contributed by atoms with Crippen LogP contribution in [0.25, 0.3) is 11.3 Å². The molecule has 2 aromatic heterocycles.